The predicted molar refractivity (Wildman–Crippen MR) is 122 cm³/mol. The molecule has 0 aliphatic rings. The maximum Gasteiger partial charge on any atom is 0.277 e. The number of benzene rings is 3. The highest BCUT2D eigenvalue weighted by atomic mass is 16.5. The molecule has 34 heavy (non-hydrogen) atoms. The maximum absolute atomic E-state index is 12.4. The van der Waals surface area contributed by atoms with Gasteiger partial charge in [-0.3, -0.25) is 9.59 Å². The smallest absolute Gasteiger partial charge is 0.277 e. The molecule has 0 aliphatic carbocycles. The van der Waals surface area contributed by atoms with E-state index < -0.39 is 18.4 Å². The van der Waals surface area contributed by atoms with Crippen molar-refractivity contribution in [2.75, 3.05) is 6.61 Å². The van der Waals surface area contributed by atoms with Crippen molar-refractivity contribution in [3.05, 3.63) is 77.4 Å². The lowest BCUT2D eigenvalue weighted by molar-refractivity contribution is -0.123. The van der Waals surface area contributed by atoms with Gasteiger partial charge in [-0.05, 0) is 59.7 Å². The Labute approximate surface area is 193 Å². The molecule has 3 aromatic rings. The third kappa shape index (κ3) is 6.47. The summed E-state index contributed by atoms with van der Waals surface area (Å²) in [5.41, 5.74) is 5.58. The van der Waals surface area contributed by atoms with Crippen LogP contribution in [0.25, 0.3) is 0 Å². The Bertz CT molecular complexity index is 1260. The monoisotopic (exact) mass is 464 g/mol. The van der Waals surface area contributed by atoms with Gasteiger partial charge in [0.05, 0.1) is 18.0 Å². The van der Waals surface area contributed by atoms with Gasteiger partial charge in [0.1, 0.15) is 5.75 Å². The Morgan fingerprint density at radius 2 is 1.32 bits per heavy atom. The molecule has 0 aromatic heterocycles. The summed E-state index contributed by atoms with van der Waals surface area (Å²) in [7, 11) is 0. The van der Waals surface area contributed by atoms with Crippen molar-refractivity contribution in [1.82, 2.24) is 10.9 Å². The number of nitrogens with one attached hydrogen (secondary N) is 2. The van der Waals surface area contributed by atoms with Gasteiger partial charge in [-0.1, -0.05) is 12.1 Å². The van der Waals surface area contributed by atoms with Gasteiger partial charge in [0.25, 0.3) is 11.8 Å². The predicted octanol–water partition coefficient (Wildman–Crippen LogP) is 1.80. The van der Waals surface area contributed by atoms with Crippen LogP contribution in [-0.4, -0.2) is 51.3 Å². The zero-order valence-corrected chi connectivity index (χ0v) is 17.5. The number of phenols is 4. The van der Waals surface area contributed by atoms with Crippen molar-refractivity contribution >= 4 is 24.2 Å². The highest BCUT2D eigenvalue weighted by Gasteiger charge is 2.13. The minimum Gasteiger partial charge on any atom is -0.504 e. The summed E-state index contributed by atoms with van der Waals surface area (Å²) >= 11 is 0. The fraction of sp³-hybridized carbons (Fsp3) is 0.0435. The van der Waals surface area contributed by atoms with E-state index >= 15 is 0 Å². The molecule has 0 saturated carbocycles. The van der Waals surface area contributed by atoms with Crippen LogP contribution in [-0.2, 0) is 4.79 Å². The molecule has 174 valence electrons. The van der Waals surface area contributed by atoms with Crippen LogP contribution in [0.4, 0.5) is 0 Å². The Morgan fingerprint density at radius 1 is 0.765 bits per heavy atom. The summed E-state index contributed by atoms with van der Waals surface area (Å²) in [6, 6.07) is 14.3. The standard InChI is InChI=1S/C23H20N4O7/c28-17-7-5-14(9-19(17)30)11-24-26-22(32)13-34-21-4-2-1-3-16(21)23(33)27-25-12-15-6-8-18(29)20(31)10-15/h1-12,28-31H,13H2,(H,26,32)(H,27,33)/b24-11-,25-12+. The van der Waals surface area contributed by atoms with Crippen molar-refractivity contribution in [3.63, 3.8) is 0 Å². The fourth-order valence-corrected chi connectivity index (χ4v) is 2.60. The lowest BCUT2D eigenvalue weighted by Gasteiger charge is -2.09. The molecule has 0 aliphatic heterocycles. The molecule has 11 heteroatoms. The van der Waals surface area contributed by atoms with E-state index in [1.165, 1.54) is 61.0 Å². The van der Waals surface area contributed by atoms with E-state index in [0.29, 0.717) is 11.1 Å². The number of para-hydroxylation sites is 1. The van der Waals surface area contributed by atoms with Crippen molar-refractivity contribution in [2.24, 2.45) is 10.2 Å². The van der Waals surface area contributed by atoms with Gasteiger partial charge < -0.3 is 25.2 Å². The zero-order valence-electron chi connectivity index (χ0n) is 17.5. The Kier molecular flexibility index (Phi) is 7.63. The van der Waals surface area contributed by atoms with Gasteiger partial charge in [0.15, 0.2) is 29.6 Å². The lowest BCUT2D eigenvalue weighted by Crippen LogP contribution is -2.25. The summed E-state index contributed by atoms with van der Waals surface area (Å²) in [5, 5.41) is 45.1. The molecule has 0 fully saturated rings. The summed E-state index contributed by atoms with van der Waals surface area (Å²) in [6.07, 6.45) is 2.55. The molecule has 0 atom stereocenters. The molecule has 6 N–H and O–H groups in total. The number of hydrogen-bond acceptors (Lipinski definition) is 9. The molecule has 3 aromatic carbocycles. The number of aromatic hydroxyl groups is 4. The average molecular weight is 464 g/mol. The van der Waals surface area contributed by atoms with Crippen LogP contribution in [0.15, 0.2) is 70.9 Å². The third-order valence-corrected chi connectivity index (χ3v) is 4.27. The molecule has 0 bridgehead atoms. The first-order valence-corrected chi connectivity index (χ1v) is 9.74. The van der Waals surface area contributed by atoms with Crippen LogP contribution in [0.5, 0.6) is 28.7 Å². The molecule has 2 amide bonds. The first kappa shape index (κ1) is 23.6. The van der Waals surface area contributed by atoms with Crippen LogP contribution >= 0.6 is 0 Å². The van der Waals surface area contributed by atoms with Crippen LogP contribution in [0.3, 0.4) is 0 Å². The SMILES string of the molecule is O=C(COc1ccccc1C(=O)N/N=C/c1ccc(O)c(O)c1)N/N=C\c1ccc(O)c(O)c1. The largest absolute Gasteiger partial charge is 0.504 e. The third-order valence-electron chi connectivity index (χ3n) is 4.27. The highest BCUT2D eigenvalue weighted by Crippen LogP contribution is 2.25. The normalized spacial score (nSPS) is 10.9. The molecule has 0 saturated heterocycles. The van der Waals surface area contributed by atoms with Gasteiger partial charge in [-0.25, -0.2) is 10.9 Å². The van der Waals surface area contributed by atoms with Crippen LogP contribution < -0.4 is 15.6 Å². The van der Waals surface area contributed by atoms with Gasteiger partial charge in [-0.15, -0.1) is 0 Å². The summed E-state index contributed by atoms with van der Waals surface area (Å²) in [4.78, 5) is 24.4. The van der Waals surface area contributed by atoms with Gasteiger partial charge in [-0.2, -0.15) is 10.2 Å². The summed E-state index contributed by atoms with van der Waals surface area (Å²) in [6.45, 7) is -0.432. The Morgan fingerprint density at radius 3 is 1.91 bits per heavy atom. The average Bonchev–Trinajstić information content (AvgIpc) is 2.82. The number of hydrazone groups is 2. The van der Waals surface area contributed by atoms with E-state index in [-0.39, 0.29) is 34.3 Å². The number of phenolic OH excluding ortho intramolecular Hbond substituents is 4. The van der Waals surface area contributed by atoms with Gasteiger partial charge in [0.2, 0.25) is 0 Å². The Hall–Kier alpha value is -5.06. The van der Waals surface area contributed by atoms with Gasteiger partial charge >= 0.3 is 0 Å². The van der Waals surface area contributed by atoms with Crippen LogP contribution in [0.1, 0.15) is 21.5 Å². The van der Waals surface area contributed by atoms with Crippen molar-refractivity contribution < 1.29 is 34.8 Å². The number of carbonyl (C=O) groups excluding carboxylic acids is 2. The topological polar surface area (TPSA) is 173 Å². The van der Waals surface area contributed by atoms with Gasteiger partial charge in [0, 0.05) is 0 Å². The highest BCUT2D eigenvalue weighted by molar-refractivity contribution is 5.97. The Balaban J connectivity index is 1.54. The molecular weight excluding hydrogens is 444 g/mol. The first-order valence-electron chi connectivity index (χ1n) is 9.74. The fourth-order valence-electron chi connectivity index (χ4n) is 2.60. The van der Waals surface area contributed by atoms with E-state index in [9.17, 15) is 30.0 Å². The van der Waals surface area contributed by atoms with E-state index in [1.54, 1.807) is 12.1 Å². The minimum atomic E-state index is -0.598. The van der Waals surface area contributed by atoms with Crippen LogP contribution in [0, 0.1) is 0 Å². The molecule has 3 rings (SSSR count). The van der Waals surface area contributed by atoms with Crippen molar-refractivity contribution in [2.45, 2.75) is 0 Å². The number of carbonyl (C=O) groups is 2. The minimum absolute atomic E-state index is 0.129. The number of rotatable bonds is 8. The quantitative estimate of drug-likeness (QED) is 0.167. The molecular formula is C23H20N4O7. The zero-order chi connectivity index (χ0) is 24.5. The van der Waals surface area contributed by atoms with Crippen molar-refractivity contribution in [1.29, 1.82) is 0 Å². The van der Waals surface area contributed by atoms with Crippen molar-refractivity contribution in [3.8, 4) is 28.7 Å². The lowest BCUT2D eigenvalue weighted by atomic mass is 10.2. The number of nitrogens with zero attached hydrogens (tertiary/aromatic N) is 2. The second-order valence-corrected chi connectivity index (χ2v) is 6.77. The molecule has 0 heterocycles. The van der Waals surface area contributed by atoms with E-state index in [2.05, 4.69) is 21.1 Å². The molecule has 0 radical (unpaired) electrons. The van der Waals surface area contributed by atoms with Crippen LogP contribution in [0.2, 0.25) is 0 Å². The molecule has 11 nitrogen and oxygen atoms in total. The second-order valence-electron chi connectivity index (χ2n) is 6.77. The van der Waals surface area contributed by atoms with E-state index in [0.717, 1.165) is 0 Å². The molecule has 0 spiro atoms. The second kappa shape index (κ2) is 11.0. The maximum atomic E-state index is 12.4. The number of ether oxygens (including phenoxy) is 1. The number of hydrogen-bond donors (Lipinski definition) is 6. The summed E-state index contributed by atoms with van der Waals surface area (Å²) in [5.74, 6) is -2.25. The number of amides is 2. The first-order chi connectivity index (χ1) is 16.3. The molecule has 0 unspecified atom stereocenters. The van der Waals surface area contributed by atoms with E-state index in [4.69, 9.17) is 4.74 Å². The van der Waals surface area contributed by atoms with E-state index in [1.807, 2.05) is 0 Å². The summed E-state index contributed by atoms with van der Waals surface area (Å²) < 4.78 is 5.42.